The van der Waals surface area contributed by atoms with Crippen molar-refractivity contribution in [1.82, 2.24) is 9.88 Å². The van der Waals surface area contributed by atoms with Gasteiger partial charge in [-0.3, -0.25) is 4.79 Å². The molecule has 136 valence electrons. The number of H-pyrrole nitrogens is 1. The van der Waals surface area contributed by atoms with E-state index in [9.17, 15) is 4.79 Å². The highest BCUT2D eigenvalue weighted by molar-refractivity contribution is 7.98. The van der Waals surface area contributed by atoms with Crippen molar-refractivity contribution < 1.29 is 4.79 Å². The van der Waals surface area contributed by atoms with Gasteiger partial charge in [0.15, 0.2) is 0 Å². The number of hydrogen-bond acceptors (Lipinski definition) is 3. The van der Waals surface area contributed by atoms with Crippen molar-refractivity contribution in [1.29, 1.82) is 0 Å². The smallest absolute Gasteiger partial charge is 0.255 e. The molecular weight excluding hydrogens is 342 g/mol. The average Bonchev–Trinajstić information content (AvgIpc) is 2.94. The van der Waals surface area contributed by atoms with Gasteiger partial charge in [-0.15, -0.1) is 11.8 Å². The number of nitrogens with one attached hydrogen (secondary N) is 2. The lowest BCUT2D eigenvalue weighted by Gasteiger charge is -2.10. The van der Waals surface area contributed by atoms with Crippen molar-refractivity contribution >= 4 is 34.3 Å². The van der Waals surface area contributed by atoms with Crippen molar-refractivity contribution in [3.05, 3.63) is 59.3 Å². The number of hydrogen-bond donors (Lipinski definition) is 2. The van der Waals surface area contributed by atoms with Gasteiger partial charge < -0.3 is 15.2 Å². The highest BCUT2D eigenvalue weighted by Gasteiger charge is 2.11. The number of rotatable bonds is 6. The van der Waals surface area contributed by atoms with Crippen LogP contribution in [0, 0.1) is 6.92 Å². The first-order chi connectivity index (χ1) is 12.5. The molecule has 0 aliphatic heterocycles. The second kappa shape index (κ2) is 7.98. The fourth-order valence-corrected chi connectivity index (χ4v) is 3.47. The molecule has 3 aromatic rings. The van der Waals surface area contributed by atoms with Gasteiger partial charge in [0.25, 0.3) is 5.91 Å². The maximum atomic E-state index is 12.5. The molecule has 0 atom stereocenters. The zero-order valence-electron chi connectivity index (χ0n) is 15.7. The van der Waals surface area contributed by atoms with Crippen molar-refractivity contribution in [2.24, 2.45) is 0 Å². The van der Waals surface area contributed by atoms with Crippen LogP contribution in [0.15, 0.2) is 47.4 Å². The Morgan fingerprint density at radius 3 is 2.54 bits per heavy atom. The van der Waals surface area contributed by atoms with Gasteiger partial charge in [-0.25, -0.2) is 0 Å². The number of carbonyl (C=O) groups excluding carboxylic acids is 1. The van der Waals surface area contributed by atoms with Gasteiger partial charge in [-0.05, 0) is 81.7 Å². The molecule has 0 fully saturated rings. The Bertz CT molecular complexity index is 913. The van der Waals surface area contributed by atoms with E-state index in [1.165, 1.54) is 16.6 Å². The molecule has 0 aliphatic carbocycles. The third-order valence-electron chi connectivity index (χ3n) is 4.54. The molecular formula is C21H25N3OS. The van der Waals surface area contributed by atoms with Gasteiger partial charge >= 0.3 is 0 Å². The summed E-state index contributed by atoms with van der Waals surface area (Å²) in [6.45, 7) is 3.10. The zero-order valence-corrected chi connectivity index (χ0v) is 16.5. The fourth-order valence-electron chi connectivity index (χ4n) is 3.06. The minimum atomic E-state index is -0.0842. The summed E-state index contributed by atoms with van der Waals surface area (Å²) >= 11 is 1.67. The van der Waals surface area contributed by atoms with Gasteiger partial charge in [0.1, 0.15) is 0 Å². The Balaban J connectivity index is 1.83. The van der Waals surface area contributed by atoms with E-state index >= 15 is 0 Å². The first kappa shape index (κ1) is 18.5. The van der Waals surface area contributed by atoms with E-state index in [0.29, 0.717) is 5.56 Å². The summed E-state index contributed by atoms with van der Waals surface area (Å²) in [7, 11) is 4.16. The molecule has 0 radical (unpaired) electrons. The summed E-state index contributed by atoms with van der Waals surface area (Å²) in [5.41, 5.74) is 5.10. The first-order valence-corrected chi connectivity index (χ1v) is 9.91. The number of amides is 1. The Hall–Kier alpha value is -2.24. The summed E-state index contributed by atoms with van der Waals surface area (Å²) in [5.74, 6) is -0.0842. The number of aryl methyl sites for hydroxylation is 1. The maximum Gasteiger partial charge on any atom is 0.255 e. The largest absolute Gasteiger partial charge is 0.358 e. The Morgan fingerprint density at radius 2 is 1.88 bits per heavy atom. The standard InChI is InChI=1S/C21H25N3OS/c1-14-18(11-12-24(2)3)19-13-16(7-10-20(19)22-14)23-21(25)15-5-8-17(26-4)9-6-15/h5-10,13,22H,11-12H2,1-4H3,(H,23,25). The first-order valence-electron chi connectivity index (χ1n) is 8.69. The van der Waals surface area contributed by atoms with Gasteiger partial charge in [-0.1, -0.05) is 0 Å². The Labute approximate surface area is 159 Å². The molecule has 1 heterocycles. The quantitative estimate of drug-likeness (QED) is 0.628. The topological polar surface area (TPSA) is 48.1 Å². The maximum absolute atomic E-state index is 12.5. The number of aromatic amines is 1. The van der Waals surface area contributed by atoms with Crippen LogP contribution in [0.1, 0.15) is 21.6 Å². The number of aromatic nitrogens is 1. The molecule has 0 unspecified atom stereocenters. The van der Waals surface area contributed by atoms with Gasteiger partial charge in [0, 0.05) is 39.3 Å². The number of benzene rings is 2. The van der Waals surface area contributed by atoms with E-state index in [2.05, 4.69) is 42.3 Å². The number of anilines is 1. The normalized spacial score (nSPS) is 11.3. The van der Waals surface area contributed by atoms with Crippen molar-refractivity contribution in [2.75, 3.05) is 32.2 Å². The number of fused-ring (bicyclic) bond motifs is 1. The molecule has 0 aliphatic rings. The van der Waals surface area contributed by atoms with Gasteiger partial charge in [-0.2, -0.15) is 0 Å². The van der Waals surface area contributed by atoms with Crippen molar-refractivity contribution in [3.8, 4) is 0 Å². The molecule has 0 saturated heterocycles. The lowest BCUT2D eigenvalue weighted by molar-refractivity contribution is 0.102. The fraction of sp³-hybridized carbons (Fsp3) is 0.286. The SMILES string of the molecule is CSc1ccc(C(=O)Nc2ccc3[nH]c(C)c(CCN(C)C)c3c2)cc1. The molecule has 1 aromatic heterocycles. The van der Waals surface area contributed by atoms with E-state index in [1.807, 2.05) is 42.7 Å². The molecule has 4 nitrogen and oxygen atoms in total. The van der Waals surface area contributed by atoms with Crippen LogP contribution in [0.2, 0.25) is 0 Å². The van der Waals surface area contributed by atoms with Gasteiger partial charge in [0.05, 0.1) is 0 Å². The lowest BCUT2D eigenvalue weighted by Crippen LogP contribution is -2.15. The predicted octanol–water partition coefficient (Wildman–Crippen LogP) is 4.55. The highest BCUT2D eigenvalue weighted by atomic mass is 32.2. The molecule has 5 heteroatoms. The number of nitrogens with zero attached hydrogens (tertiary/aromatic N) is 1. The molecule has 3 rings (SSSR count). The van der Waals surface area contributed by atoms with E-state index in [-0.39, 0.29) is 5.91 Å². The molecule has 1 amide bonds. The van der Waals surface area contributed by atoms with E-state index < -0.39 is 0 Å². The zero-order chi connectivity index (χ0) is 18.7. The summed E-state index contributed by atoms with van der Waals surface area (Å²) < 4.78 is 0. The second-order valence-corrected chi connectivity index (χ2v) is 7.60. The van der Waals surface area contributed by atoms with Crippen LogP contribution in [0.25, 0.3) is 10.9 Å². The highest BCUT2D eigenvalue weighted by Crippen LogP contribution is 2.26. The lowest BCUT2D eigenvalue weighted by atomic mass is 10.1. The van der Waals surface area contributed by atoms with Crippen molar-refractivity contribution in [2.45, 2.75) is 18.2 Å². The van der Waals surface area contributed by atoms with Crippen LogP contribution in [0.5, 0.6) is 0 Å². The van der Waals surface area contributed by atoms with Crippen molar-refractivity contribution in [3.63, 3.8) is 0 Å². The predicted molar refractivity (Wildman–Crippen MR) is 111 cm³/mol. The number of carbonyl (C=O) groups is 1. The monoisotopic (exact) mass is 367 g/mol. The summed E-state index contributed by atoms with van der Waals surface area (Å²) in [4.78, 5) is 19.3. The average molecular weight is 368 g/mol. The Kier molecular flexibility index (Phi) is 5.69. The molecule has 2 aromatic carbocycles. The van der Waals surface area contributed by atoms with Crippen LogP contribution in [-0.4, -0.2) is 42.7 Å². The molecule has 26 heavy (non-hydrogen) atoms. The van der Waals surface area contributed by atoms with E-state index in [1.54, 1.807) is 11.8 Å². The van der Waals surface area contributed by atoms with Gasteiger partial charge in [0.2, 0.25) is 0 Å². The molecule has 2 N–H and O–H groups in total. The molecule has 0 spiro atoms. The number of likely N-dealkylation sites (N-methyl/N-ethyl adjacent to an activating group) is 1. The van der Waals surface area contributed by atoms with E-state index in [0.717, 1.165) is 29.1 Å². The summed E-state index contributed by atoms with van der Waals surface area (Å²) in [6.07, 6.45) is 3.00. The molecule has 0 bridgehead atoms. The third kappa shape index (κ3) is 4.11. The van der Waals surface area contributed by atoms with Crippen LogP contribution in [-0.2, 0) is 6.42 Å². The third-order valence-corrected chi connectivity index (χ3v) is 5.28. The minimum absolute atomic E-state index is 0.0842. The second-order valence-electron chi connectivity index (χ2n) is 6.72. The van der Waals surface area contributed by atoms with Crippen LogP contribution in [0.3, 0.4) is 0 Å². The molecule has 0 saturated carbocycles. The van der Waals surface area contributed by atoms with E-state index in [4.69, 9.17) is 0 Å². The minimum Gasteiger partial charge on any atom is -0.358 e. The summed E-state index contributed by atoms with van der Waals surface area (Å²) in [5, 5.41) is 4.20. The van der Waals surface area contributed by atoms with Crippen LogP contribution >= 0.6 is 11.8 Å². The van der Waals surface area contributed by atoms with Crippen LogP contribution < -0.4 is 5.32 Å². The number of thioether (sulfide) groups is 1. The summed E-state index contributed by atoms with van der Waals surface area (Å²) in [6, 6.07) is 13.7. The van der Waals surface area contributed by atoms with Crippen LogP contribution in [0.4, 0.5) is 5.69 Å². The Morgan fingerprint density at radius 1 is 1.15 bits per heavy atom.